The summed E-state index contributed by atoms with van der Waals surface area (Å²) in [6, 6.07) is 13.3. The van der Waals surface area contributed by atoms with Crippen LogP contribution >= 0.6 is 0 Å². The van der Waals surface area contributed by atoms with Gasteiger partial charge in [-0.2, -0.15) is 0 Å². The molecule has 0 N–H and O–H groups in total. The van der Waals surface area contributed by atoms with Crippen LogP contribution in [0.2, 0.25) is 0 Å². The van der Waals surface area contributed by atoms with Gasteiger partial charge in [-0.25, -0.2) is 0 Å². The van der Waals surface area contributed by atoms with Crippen LogP contribution in [0.25, 0.3) is 0 Å². The largest absolute Gasteiger partial charge is 0.368 e. The Hall–Kier alpha value is -3.13. The van der Waals surface area contributed by atoms with Crippen molar-refractivity contribution in [2.75, 3.05) is 69.2 Å². The van der Waals surface area contributed by atoms with Gasteiger partial charge in [0.1, 0.15) is 5.69 Å². The van der Waals surface area contributed by atoms with Crippen LogP contribution in [-0.4, -0.2) is 80.0 Å². The van der Waals surface area contributed by atoms with E-state index in [0.29, 0.717) is 24.3 Å². The minimum Gasteiger partial charge on any atom is -0.368 e. The molecule has 0 radical (unpaired) electrons. The van der Waals surface area contributed by atoms with Crippen molar-refractivity contribution in [3.63, 3.8) is 0 Å². The molecule has 2 fully saturated rings. The first kappa shape index (κ1) is 21.1. The molecule has 8 nitrogen and oxygen atoms in total. The number of anilines is 2. The molecular weight excluding hydrogens is 394 g/mol. The maximum Gasteiger partial charge on any atom is 0.293 e. The number of benzene rings is 2. The Balaban J connectivity index is 1.46. The van der Waals surface area contributed by atoms with Gasteiger partial charge < -0.3 is 19.6 Å². The standard InChI is InChI=1S/C23H29N5O3/c1-18-4-3-5-20(16-18)25-12-14-27(15-13-25)23(29)19-6-7-21(22(17-19)28(30)31)26-10-8-24(2)9-11-26/h3-7,16-17H,8-15H2,1-2H3. The zero-order valence-corrected chi connectivity index (χ0v) is 18.2. The summed E-state index contributed by atoms with van der Waals surface area (Å²) in [4.78, 5) is 32.7. The number of carbonyl (C=O) groups excluding carboxylic acids is 1. The predicted molar refractivity (Wildman–Crippen MR) is 122 cm³/mol. The van der Waals surface area contributed by atoms with Gasteiger partial charge in [-0.05, 0) is 43.8 Å². The van der Waals surface area contributed by atoms with Crippen LogP contribution in [0, 0.1) is 17.0 Å². The van der Waals surface area contributed by atoms with Gasteiger partial charge in [-0.3, -0.25) is 14.9 Å². The number of piperazine rings is 2. The zero-order valence-electron chi connectivity index (χ0n) is 18.2. The summed E-state index contributed by atoms with van der Waals surface area (Å²) in [6.07, 6.45) is 0. The minimum atomic E-state index is -0.375. The number of rotatable bonds is 4. The molecule has 8 heteroatoms. The summed E-state index contributed by atoms with van der Waals surface area (Å²) >= 11 is 0. The third kappa shape index (κ3) is 4.64. The molecule has 0 saturated carbocycles. The summed E-state index contributed by atoms with van der Waals surface area (Å²) in [5, 5.41) is 11.7. The third-order valence-electron chi connectivity index (χ3n) is 6.20. The number of hydrogen-bond acceptors (Lipinski definition) is 6. The van der Waals surface area contributed by atoms with Crippen LogP contribution in [0.4, 0.5) is 17.1 Å². The van der Waals surface area contributed by atoms with Gasteiger partial charge in [0.05, 0.1) is 4.92 Å². The fourth-order valence-electron chi connectivity index (χ4n) is 4.29. The molecule has 0 aliphatic carbocycles. The molecule has 0 aromatic heterocycles. The average molecular weight is 424 g/mol. The van der Waals surface area contributed by atoms with Crippen molar-refractivity contribution in [1.82, 2.24) is 9.80 Å². The molecule has 2 aliphatic heterocycles. The van der Waals surface area contributed by atoms with Gasteiger partial charge in [0.2, 0.25) is 0 Å². The number of nitrogens with zero attached hydrogens (tertiary/aromatic N) is 5. The van der Waals surface area contributed by atoms with Crippen LogP contribution in [-0.2, 0) is 0 Å². The molecule has 2 saturated heterocycles. The summed E-state index contributed by atoms with van der Waals surface area (Å²) in [7, 11) is 2.05. The second kappa shape index (κ2) is 8.93. The molecule has 0 unspecified atom stereocenters. The van der Waals surface area contributed by atoms with Crippen molar-refractivity contribution in [3.8, 4) is 0 Å². The first-order chi connectivity index (χ1) is 14.9. The maximum absolute atomic E-state index is 13.1. The van der Waals surface area contributed by atoms with E-state index in [1.54, 1.807) is 17.0 Å². The van der Waals surface area contributed by atoms with Crippen molar-refractivity contribution in [2.45, 2.75) is 6.92 Å². The monoisotopic (exact) mass is 423 g/mol. The molecule has 2 aliphatic rings. The molecule has 4 rings (SSSR count). The summed E-state index contributed by atoms with van der Waals surface area (Å²) in [5.74, 6) is -0.142. The molecule has 2 heterocycles. The third-order valence-corrected chi connectivity index (χ3v) is 6.20. The Morgan fingerprint density at radius 3 is 2.23 bits per heavy atom. The number of nitro benzene ring substituents is 1. The second-order valence-electron chi connectivity index (χ2n) is 8.37. The lowest BCUT2D eigenvalue weighted by Crippen LogP contribution is -2.48. The molecular formula is C23H29N5O3. The Bertz CT molecular complexity index is 963. The minimum absolute atomic E-state index is 0.00815. The van der Waals surface area contributed by atoms with Gasteiger partial charge >= 0.3 is 0 Å². The predicted octanol–water partition coefficient (Wildman–Crippen LogP) is 2.62. The van der Waals surface area contributed by atoms with Crippen molar-refractivity contribution < 1.29 is 9.72 Å². The zero-order chi connectivity index (χ0) is 22.0. The van der Waals surface area contributed by atoms with E-state index in [1.165, 1.54) is 17.3 Å². The Labute approximate surface area is 182 Å². The lowest BCUT2D eigenvalue weighted by molar-refractivity contribution is -0.384. The van der Waals surface area contributed by atoms with E-state index >= 15 is 0 Å². The topological polar surface area (TPSA) is 73.2 Å². The van der Waals surface area contributed by atoms with Gasteiger partial charge in [0, 0.05) is 69.7 Å². The first-order valence-electron chi connectivity index (χ1n) is 10.8. The summed E-state index contributed by atoms with van der Waals surface area (Å²) < 4.78 is 0. The van der Waals surface area contributed by atoms with E-state index in [0.717, 1.165) is 39.3 Å². The quantitative estimate of drug-likeness (QED) is 0.556. The molecule has 164 valence electrons. The van der Waals surface area contributed by atoms with Crippen molar-refractivity contribution in [3.05, 3.63) is 63.7 Å². The highest BCUT2D eigenvalue weighted by Gasteiger charge is 2.27. The summed E-state index contributed by atoms with van der Waals surface area (Å²) in [6.45, 7) is 7.97. The molecule has 31 heavy (non-hydrogen) atoms. The van der Waals surface area contributed by atoms with E-state index in [9.17, 15) is 14.9 Å². The number of aryl methyl sites for hydroxylation is 1. The number of nitro groups is 1. The van der Waals surface area contributed by atoms with Crippen molar-refractivity contribution >= 4 is 23.0 Å². The number of hydrogen-bond donors (Lipinski definition) is 0. The smallest absolute Gasteiger partial charge is 0.293 e. The molecule has 2 aromatic carbocycles. The highest BCUT2D eigenvalue weighted by molar-refractivity contribution is 5.96. The molecule has 1 amide bonds. The Morgan fingerprint density at radius 2 is 1.58 bits per heavy atom. The van der Waals surface area contributed by atoms with Crippen LogP contribution in [0.15, 0.2) is 42.5 Å². The van der Waals surface area contributed by atoms with E-state index in [4.69, 9.17) is 0 Å². The lowest BCUT2D eigenvalue weighted by atomic mass is 10.1. The fraction of sp³-hybridized carbons (Fsp3) is 0.435. The van der Waals surface area contributed by atoms with E-state index < -0.39 is 0 Å². The SMILES string of the molecule is Cc1cccc(N2CCN(C(=O)c3ccc(N4CCN(C)CC4)c([N+](=O)[O-])c3)CC2)c1. The highest BCUT2D eigenvalue weighted by Crippen LogP contribution is 2.30. The summed E-state index contributed by atoms with van der Waals surface area (Å²) in [5.41, 5.74) is 3.37. The molecule has 0 atom stereocenters. The van der Waals surface area contributed by atoms with Gasteiger partial charge in [0.25, 0.3) is 11.6 Å². The number of amides is 1. The van der Waals surface area contributed by atoms with E-state index in [2.05, 4.69) is 34.9 Å². The highest BCUT2D eigenvalue weighted by atomic mass is 16.6. The van der Waals surface area contributed by atoms with Gasteiger partial charge in [-0.1, -0.05) is 12.1 Å². The first-order valence-corrected chi connectivity index (χ1v) is 10.8. The number of likely N-dealkylation sites (N-methyl/N-ethyl adjacent to an activating group) is 1. The molecule has 0 bridgehead atoms. The van der Waals surface area contributed by atoms with Gasteiger partial charge in [0.15, 0.2) is 0 Å². The fourth-order valence-corrected chi connectivity index (χ4v) is 4.29. The van der Waals surface area contributed by atoms with Crippen molar-refractivity contribution in [2.24, 2.45) is 0 Å². The molecule has 0 spiro atoms. The second-order valence-corrected chi connectivity index (χ2v) is 8.37. The van der Waals surface area contributed by atoms with Crippen LogP contribution < -0.4 is 9.80 Å². The maximum atomic E-state index is 13.1. The average Bonchev–Trinajstić information content (AvgIpc) is 2.79. The van der Waals surface area contributed by atoms with Crippen LogP contribution in [0.3, 0.4) is 0 Å². The lowest BCUT2D eigenvalue weighted by Gasteiger charge is -2.36. The molecule has 2 aromatic rings. The Kier molecular flexibility index (Phi) is 6.08. The van der Waals surface area contributed by atoms with Crippen LogP contribution in [0.5, 0.6) is 0 Å². The van der Waals surface area contributed by atoms with Crippen molar-refractivity contribution in [1.29, 1.82) is 0 Å². The van der Waals surface area contributed by atoms with E-state index in [1.807, 2.05) is 18.0 Å². The number of carbonyl (C=O) groups is 1. The van der Waals surface area contributed by atoms with Gasteiger partial charge in [-0.15, -0.1) is 0 Å². The normalized spacial score (nSPS) is 17.7. The van der Waals surface area contributed by atoms with E-state index in [-0.39, 0.29) is 16.5 Å². The van der Waals surface area contributed by atoms with Crippen LogP contribution in [0.1, 0.15) is 15.9 Å². The Morgan fingerprint density at radius 1 is 0.903 bits per heavy atom.